The molecule has 0 aliphatic rings. The predicted molar refractivity (Wildman–Crippen MR) is 71.8 cm³/mol. The van der Waals surface area contributed by atoms with Crippen LogP contribution in [0.1, 0.15) is 11.3 Å². The largest absolute Gasteiger partial charge is 0.467 e. The van der Waals surface area contributed by atoms with Crippen LogP contribution in [-0.4, -0.2) is 11.8 Å². The van der Waals surface area contributed by atoms with Crippen molar-refractivity contribution in [2.45, 2.75) is 13.5 Å². The monoisotopic (exact) mass is 263 g/mol. The van der Waals surface area contributed by atoms with Crippen molar-refractivity contribution in [3.63, 3.8) is 0 Å². The van der Waals surface area contributed by atoms with Gasteiger partial charge in [0, 0.05) is 5.69 Å². The second-order valence-corrected chi connectivity index (χ2v) is 4.30. The maximum Gasteiger partial charge on any atom is 0.242 e. The smallest absolute Gasteiger partial charge is 0.242 e. The molecule has 1 amide bonds. The number of carbonyl (C=O) groups excluding carboxylic acids is 1. The van der Waals surface area contributed by atoms with Gasteiger partial charge in [-0.2, -0.15) is 0 Å². The van der Waals surface area contributed by atoms with E-state index in [0.717, 1.165) is 17.0 Å². The number of nitrogens with zero attached hydrogens (tertiary/aromatic N) is 1. The van der Waals surface area contributed by atoms with E-state index in [2.05, 4.69) is 0 Å². The summed E-state index contributed by atoms with van der Waals surface area (Å²) in [5.74, 6) is 0.544. The molecule has 0 saturated heterocycles. The molecule has 0 saturated carbocycles. The molecule has 1 aromatic carbocycles. The zero-order valence-electron chi connectivity index (χ0n) is 10.1. The van der Waals surface area contributed by atoms with Crippen molar-refractivity contribution in [3.8, 4) is 0 Å². The predicted octanol–water partition coefficient (Wildman–Crippen LogP) is 3.36. The van der Waals surface area contributed by atoms with Crippen LogP contribution in [0, 0.1) is 6.92 Å². The molecule has 2 rings (SSSR count). The van der Waals surface area contributed by atoms with Crippen LogP contribution in [0.25, 0.3) is 0 Å². The second kappa shape index (κ2) is 5.74. The lowest BCUT2D eigenvalue weighted by atomic mass is 10.2. The van der Waals surface area contributed by atoms with Crippen molar-refractivity contribution >= 4 is 23.2 Å². The Kier molecular flexibility index (Phi) is 4.05. The Balaban J connectivity index is 2.28. The van der Waals surface area contributed by atoms with Crippen LogP contribution in [-0.2, 0) is 11.3 Å². The molecule has 2 aromatic rings. The molecule has 18 heavy (non-hydrogen) atoms. The molecule has 0 aliphatic carbocycles. The van der Waals surface area contributed by atoms with E-state index in [1.807, 2.05) is 37.3 Å². The minimum Gasteiger partial charge on any atom is -0.467 e. The van der Waals surface area contributed by atoms with Gasteiger partial charge in [0.2, 0.25) is 5.91 Å². The van der Waals surface area contributed by atoms with Gasteiger partial charge in [-0.05, 0) is 36.8 Å². The number of furan rings is 1. The SMILES string of the molecule is Cc1cccc(N(Cc2ccco2)C(=O)CCl)c1. The summed E-state index contributed by atoms with van der Waals surface area (Å²) in [6.07, 6.45) is 1.59. The average molecular weight is 264 g/mol. The summed E-state index contributed by atoms with van der Waals surface area (Å²) in [5.41, 5.74) is 1.93. The van der Waals surface area contributed by atoms with Gasteiger partial charge in [0.05, 0.1) is 12.8 Å². The van der Waals surface area contributed by atoms with Crippen LogP contribution < -0.4 is 4.90 Å². The number of rotatable bonds is 4. The summed E-state index contributed by atoms with van der Waals surface area (Å²) >= 11 is 5.65. The molecule has 1 heterocycles. The first kappa shape index (κ1) is 12.7. The molecule has 0 fully saturated rings. The van der Waals surface area contributed by atoms with E-state index in [1.54, 1.807) is 17.2 Å². The number of carbonyl (C=O) groups is 1. The highest BCUT2D eigenvalue weighted by atomic mass is 35.5. The third-order valence-electron chi connectivity index (χ3n) is 2.62. The average Bonchev–Trinajstić information content (AvgIpc) is 2.88. The Morgan fingerprint density at radius 1 is 1.33 bits per heavy atom. The Hall–Kier alpha value is -1.74. The Morgan fingerprint density at radius 3 is 2.78 bits per heavy atom. The van der Waals surface area contributed by atoms with Gasteiger partial charge < -0.3 is 9.32 Å². The van der Waals surface area contributed by atoms with Crippen molar-refractivity contribution in [1.29, 1.82) is 0 Å². The Labute approximate surface area is 111 Å². The van der Waals surface area contributed by atoms with E-state index in [0.29, 0.717) is 6.54 Å². The zero-order valence-corrected chi connectivity index (χ0v) is 10.9. The van der Waals surface area contributed by atoms with Crippen LogP contribution in [0.2, 0.25) is 0 Å². The number of amides is 1. The number of hydrogen-bond donors (Lipinski definition) is 0. The molecular weight excluding hydrogens is 250 g/mol. The van der Waals surface area contributed by atoms with E-state index < -0.39 is 0 Å². The van der Waals surface area contributed by atoms with E-state index in [9.17, 15) is 4.79 Å². The summed E-state index contributed by atoms with van der Waals surface area (Å²) in [5, 5.41) is 0. The van der Waals surface area contributed by atoms with Crippen molar-refractivity contribution in [2.75, 3.05) is 10.8 Å². The Morgan fingerprint density at radius 2 is 2.17 bits per heavy atom. The van der Waals surface area contributed by atoms with Crippen molar-refractivity contribution in [3.05, 3.63) is 54.0 Å². The van der Waals surface area contributed by atoms with E-state index in [-0.39, 0.29) is 11.8 Å². The van der Waals surface area contributed by atoms with Gasteiger partial charge in [-0.1, -0.05) is 12.1 Å². The molecule has 0 N–H and O–H groups in total. The fraction of sp³-hybridized carbons (Fsp3) is 0.214. The van der Waals surface area contributed by atoms with E-state index >= 15 is 0 Å². The molecule has 0 spiro atoms. The van der Waals surface area contributed by atoms with E-state index in [4.69, 9.17) is 16.0 Å². The van der Waals surface area contributed by atoms with Gasteiger partial charge in [-0.25, -0.2) is 0 Å². The van der Waals surface area contributed by atoms with Crippen LogP contribution in [0.4, 0.5) is 5.69 Å². The number of aryl methyl sites for hydroxylation is 1. The summed E-state index contributed by atoms with van der Waals surface area (Å²) in [7, 11) is 0. The van der Waals surface area contributed by atoms with Gasteiger partial charge in [0.1, 0.15) is 11.6 Å². The molecule has 1 aromatic heterocycles. The van der Waals surface area contributed by atoms with Gasteiger partial charge in [-0.15, -0.1) is 11.6 Å². The minimum atomic E-state index is -0.140. The zero-order chi connectivity index (χ0) is 13.0. The van der Waals surface area contributed by atoms with Crippen molar-refractivity contribution in [2.24, 2.45) is 0 Å². The van der Waals surface area contributed by atoms with Crippen LogP contribution >= 0.6 is 11.6 Å². The fourth-order valence-corrected chi connectivity index (χ4v) is 1.89. The molecule has 3 nitrogen and oxygen atoms in total. The topological polar surface area (TPSA) is 33.5 Å². The molecule has 4 heteroatoms. The highest BCUT2D eigenvalue weighted by Crippen LogP contribution is 2.19. The number of alkyl halides is 1. The number of benzene rings is 1. The highest BCUT2D eigenvalue weighted by molar-refractivity contribution is 6.29. The van der Waals surface area contributed by atoms with Crippen molar-refractivity contribution < 1.29 is 9.21 Å². The second-order valence-electron chi connectivity index (χ2n) is 4.03. The van der Waals surface area contributed by atoms with Crippen molar-refractivity contribution in [1.82, 2.24) is 0 Å². The lowest BCUT2D eigenvalue weighted by Gasteiger charge is -2.21. The van der Waals surface area contributed by atoms with Crippen LogP contribution in [0.3, 0.4) is 0 Å². The van der Waals surface area contributed by atoms with Gasteiger partial charge >= 0.3 is 0 Å². The lowest BCUT2D eigenvalue weighted by molar-refractivity contribution is -0.116. The first-order chi connectivity index (χ1) is 8.70. The van der Waals surface area contributed by atoms with Gasteiger partial charge in [-0.3, -0.25) is 4.79 Å². The molecule has 94 valence electrons. The Bertz CT molecular complexity index is 522. The molecular formula is C14H14ClNO2. The standard InChI is InChI=1S/C14H14ClNO2/c1-11-4-2-5-12(8-11)16(14(17)9-15)10-13-6-3-7-18-13/h2-8H,9-10H2,1H3. The summed E-state index contributed by atoms with van der Waals surface area (Å²) in [6, 6.07) is 11.4. The van der Waals surface area contributed by atoms with Gasteiger partial charge in [0.15, 0.2) is 0 Å². The molecule has 0 atom stereocenters. The molecule has 0 radical (unpaired) electrons. The van der Waals surface area contributed by atoms with Crippen LogP contribution in [0.15, 0.2) is 47.1 Å². The number of hydrogen-bond acceptors (Lipinski definition) is 2. The maximum atomic E-state index is 11.9. The maximum absolute atomic E-state index is 11.9. The molecule has 0 aliphatic heterocycles. The first-order valence-corrected chi connectivity index (χ1v) is 6.19. The number of halogens is 1. The fourth-order valence-electron chi connectivity index (χ4n) is 1.75. The van der Waals surface area contributed by atoms with E-state index in [1.165, 1.54) is 0 Å². The normalized spacial score (nSPS) is 10.3. The quantitative estimate of drug-likeness (QED) is 0.793. The minimum absolute atomic E-state index is 0.0470. The van der Waals surface area contributed by atoms with Crippen LogP contribution in [0.5, 0.6) is 0 Å². The molecule has 0 unspecified atom stereocenters. The molecule has 0 bridgehead atoms. The van der Waals surface area contributed by atoms with Gasteiger partial charge in [0.25, 0.3) is 0 Å². The number of anilines is 1. The lowest BCUT2D eigenvalue weighted by Crippen LogP contribution is -2.31. The third-order valence-corrected chi connectivity index (χ3v) is 2.85. The first-order valence-electron chi connectivity index (χ1n) is 5.66. The summed E-state index contributed by atoms with van der Waals surface area (Å²) in [4.78, 5) is 13.5. The highest BCUT2D eigenvalue weighted by Gasteiger charge is 2.16. The summed E-state index contributed by atoms with van der Waals surface area (Å²) in [6.45, 7) is 2.38. The third kappa shape index (κ3) is 2.93. The summed E-state index contributed by atoms with van der Waals surface area (Å²) < 4.78 is 5.27.